The molecule has 0 bridgehead atoms. The number of carbonyl (C=O) groups excluding carboxylic acids is 1. The molecule has 6 heteroatoms. The maximum atomic E-state index is 13.7. The molecule has 1 unspecified atom stereocenters. The van der Waals surface area contributed by atoms with Crippen molar-refractivity contribution in [3.05, 3.63) is 35.6 Å². The summed E-state index contributed by atoms with van der Waals surface area (Å²) in [4.78, 5) is 12.5. The lowest BCUT2D eigenvalue weighted by atomic mass is 9.80. The highest BCUT2D eigenvalue weighted by Crippen LogP contribution is 2.28. The number of nitrogens with two attached hydrogens (primary N) is 1. The summed E-state index contributed by atoms with van der Waals surface area (Å²) in [6.45, 7) is 5.27. The number of rotatable bonds is 6. The van der Waals surface area contributed by atoms with E-state index in [9.17, 15) is 9.18 Å². The van der Waals surface area contributed by atoms with E-state index in [1.807, 2.05) is 0 Å². The van der Waals surface area contributed by atoms with Gasteiger partial charge in [-0.1, -0.05) is 37.2 Å². The minimum absolute atomic E-state index is 0.134. The van der Waals surface area contributed by atoms with Gasteiger partial charge < -0.3 is 16.3 Å². The fourth-order valence-electron chi connectivity index (χ4n) is 2.38. The molecule has 0 saturated carbocycles. The Hall–Kier alpha value is -2.11. The molecule has 1 aromatic carbocycles. The molecule has 0 aromatic heterocycles. The van der Waals surface area contributed by atoms with E-state index < -0.39 is 11.5 Å². The molecule has 1 aromatic rings. The number of nitrogens with one attached hydrogen (secondary N) is 1. The lowest BCUT2D eigenvalue weighted by molar-refractivity contribution is -0.128. The molecular formula is C15H22FN3O2. The number of amides is 1. The molecule has 1 atom stereocenters. The molecule has 21 heavy (non-hydrogen) atoms. The van der Waals surface area contributed by atoms with Crippen LogP contribution in [-0.4, -0.2) is 17.0 Å². The van der Waals surface area contributed by atoms with Gasteiger partial charge >= 0.3 is 0 Å². The van der Waals surface area contributed by atoms with Crippen molar-refractivity contribution >= 4 is 11.7 Å². The Morgan fingerprint density at radius 3 is 2.48 bits per heavy atom. The van der Waals surface area contributed by atoms with Crippen LogP contribution in [0.4, 0.5) is 4.39 Å². The van der Waals surface area contributed by atoms with Crippen molar-refractivity contribution in [3.8, 4) is 0 Å². The fourth-order valence-corrected chi connectivity index (χ4v) is 2.38. The Labute approximate surface area is 124 Å². The fraction of sp³-hybridized carbons (Fsp3) is 0.467. The average molecular weight is 295 g/mol. The molecule has 0 spiro atoms. The van der Waals surface area contributed by atoms with Crippen LogP contribution in [0.25, 0.3) is 0 Å². The highest BCUT2D eigenvalue weighted by molar-refractivity contribution is 6.06. The number of halogens is 1. The van der Waals surface area contributed by atoms with Crippen LogP contribution in [0.15, 0.2) is 29.4 Å². The van der Waals surface area contributed by atoms with Crippen molar-refractivity contribution in [1.82, 2.24) is 5.32 Å². The summed E-state index contributed by atoms with van der Waals surface area (Å²) in [5, 5.41) is 14.6. The van der Waals surface area contributed by atoms with Crippen LogP contribution in [0.5, 0.6) is 0 Å². The molecule has 1 rings (SSSR count). The van der Waals surface area contributed by atoms with E-state index in [-0.39, 0.29) is 17.6 Å². The van der Waals surface area contributed by atoms with Crippen molar-refractivity contribution in [2.24, 2.45) is 16.3 Å². The third-order valence-electron chi connectivity index (χ3n) is 3.96. The molecular weight excluding hydrogens is 273 g/mol. The first-order valence-corrected chi connectivity index (χ1v) is 6.96. The van der Waals surface area contributed by atoms with Gasteiger partial charge in [-0.2, -0.15) is 0 Å². The van der Waals surface area contributed by atoms with Crippen LogP contribution in [0, 0.1) is 11.2 Å². The van der Waals surface area contributed by atoms with Gasteiger partial charge in [0.1, 0.15) is 11.2 Å². The minimum atomic E-state index is -1.09. The highest BCUT2D eigenvalue weighted by atomic mass is 19.1. The SMILES string of the molecule is CCC(CC)(C(=O)NC(C)c1ccccc1F)C(N)=NO. The second-order valence-electron chi connectivity index (χ2n) is 4.99. The summed E-state index contributed by atoms with van der Waals surface area (Å²) < 4.78 is 13.7. The summed E-state index contributed by atoms with van der Waals surface area (Å²) in [7, 11) is 0. The van der Waals surface area contributed by atoms with Gasteiger partial charge in [-0.25, -0.2) is 4.39 Å². The summed E-state index contributed by atoms with van der Waals surface area (Å²) in [6.07, 6.45) is 0.768. The summed E-state index contributed by atoms with van der Waals surface area (Å²) >= 11 is 0. The van der Waals surface area contributed by atoms with Crippen molar-refractivity contribution in [1.29, 1.82) is 0 Å². The number of carbonyl (C=O) groups is 1. The van der Waals surface area contributed by atoms with Crippen molar-refractivity contribution in [2.45, 2.75) is 39.7 Å². The molecule has 1 amide bonds. The maximum absolute atomic E-state index is 13.7. The Morgan fingerprint density at radius 2 is 2.00 bits per heavy atom. The van der Waals surface area contributed by atoms with Crippen LogP contribution in [0.1, 0.15) is 45.2 Å². The van der Waals surface area contributed by atoms with Crippen LogP contribution in [-0.2, 0) is 4.79 Å². The monoisotopic (exact) mass is 295 g/mol. The maximum Gasteiger partial charge on any atom is 0.234 e. The first-order chi connectivity index (χ1) is 9.92. The predicted molar refractivity (Wildman–Crippen MR) is 79.4 cm³/mol. The van der Waals surface area contributed by atoms with Gasteiger partial charge in [0.15, 0.2) is 5.84 Å². The zero-order valence-electron chi connectivity index (χ0n) is 12.6. The standard InChI is InChI=1S/C15H22FN3O2/c1-4-15(5-2,13(17)19-21)14(20)18-10(3)11-8-6-7-9-12(11)16/h6-10,21H,4-5H2,1-3H3,(H2,17,19)(H,18,20). The zero-order chi connectivity index (χ0) is 16.0. The van der Waals surface area contributed by atoms with Crippen molar-refractivity contribution < 1.29 is 14.4 Å². The zero-order valence-corrected chi connectivity index (χ0v) is 12.6. The number of nitrogens with zero attached hydrogens (tertiary/aromatic N) is 1. The Kier molecular flexibility index (Phi) is 5.69. The molecule has 0 radical (unpaired) electrons. The van der Waals surface area contributed by atoms with E-state index in [1.54, 1.807) is 39.0 Å². The number of oxime groups is 1. The molecule has 4 N–H and O–H groups in total. The van der Waals surface area contributed by atoms with Crippen LogP contribution in [0.3, 0.4) is 0 Å². The van der Waals surface area contributed by atoms with Crippen LogP contribution >= 0.6 is 0 Å². The van der Waals surface area contributed by atoms with Gasteiger partial charge in [0.2, 0.25) is 5.91 Å². The lowest BCUT2D eigenvalue weighted by Crippen LogP contribution is -2.49. The molecule has 5 nitrogen and oxygen atoms in total. The molecule has 116 valence electrons. The van der Waals surface area contributed by atoms with E-state index >= 15 is 0 Å². The molecule has 0 fully saturated rings. The van der Waals surface area contributed by atoms with Gasteiger partial charge in [0, 0.05) is 5.56 Å². The number of hydrogen-bond donors (Lipinski definition) is 3. The Bertz CT molecular complexity index is 527. The average Bonchev–Trinajstić information content (AvgIpc) is 2.49. The third-order valence-corrected chi connectivity index (χ3v) is 3.96. The van der Waals surface area contributed by atoms with E-state index in [1.165, 1.54) is 6.07 Å². The largest absolute Gasteiger partial charge is 0.409 e. The van der Waals surface area contributed by atoms with Gasteiger partial charge in [0.05, 0.1) is 6.04 Å². The molecule has 0 aliphatic heterocycles. The summed E-state index contributed by atoms with van der Waals surface area (Å²) in [5.41, 5.74) is 4.99. The van der Waals surface area contributed by atoms with Gasteiger partial charge in [0.25, 0.3) is 0 Å². The molecule has 0 aliphatic carbocycles. The Balaban J connectivity index is 3.00. The lowest BCUT2D eigenvalue weighted by Gasteiger charge is -2.30. The minimum Gasteiger partial charge on any atom is -0.409 e. The number of amidine groups is 1. The van der Waals surface area contributed by atoms with E-state index in [0.717, 1.165) is 0 Å². The highest BCUT2D eigenvalue weighted by Gasteiger charge is 2.40. The van der Waals surface area contributed by atoms with Crippen molar-refractivity contribution in [2.75, 3.05) is 0 Å². The van der Waals surface area contributed by atoms with Crippen LogP contribution in [0.2, 0.25) is 0 Å². The molecule has 0 heterocycles. The predicted octanol–water partition coefficient (Wildman–Crippen LogP) is 2.56. The van der Waals surface area contributed by atoms with Crippen LogP contribution < -0.4 is 11.1 Å². The first kappa shape index (κ1) is 16.9. The van der Waals surface area contributed by atoms with E-state index in [0.29, 0.717) is 18.4 Å². The van der Waals surface area contributed by atoms with Gasteiger partial charge in [-0.3, -0.25) is 4.79 Å². The summed E-state index contributed by atoms with van der Waals surface area (Å²) in [6, 6.07) is 5.74. The third kappa shape index (κ3) is 3.32. The summed E-state index contributed by atoms with van der Waals surface area (Å²) in [5.74, 6) is -0.892. The second-order valence-corrected chi connectivity index (χ2v) is 4.99. The van der Waals surface area contributed by atoms with Gasteiger partial charge in [-0.15, -0.1) is 0 Å². The van der Waals surface area contributed by atoms with E-state index in [4.69, 9.17) is 10.9 Å². The number of hydrogen-bond acceptors (Lipinski definition) is 3. The van der Waals surface area contributed by atoms with Crippen molar-refractivity contribution in [3.63, 3.8) is 0 Å². The normalized spacial score (nSPS) is 13.8. The second kappa shape index (κ2) is 7.06. The first-order valence-electron chi connectivity index (χ1n) is 6.96. The quantitative estimate of drug-likeness (QED) is 0.326. The molecule has 0 aliphatic rings. The van der Waals surface area contributed by atoms with Gasteiger partial charge in [-0.05, 0) is 25.8 Å². The number of benzene rings is 1. The topological polar surface area (TPSA) is 87.7 Å². The molecule has 0 saturated heterocycles. The smallest absolute Gasteiger partial charge is 0.234 e. The Morgan fingerprint density at radius 1 is 1.43 bits per heavy atom. The van der Waals surface area contributed by atoms with E-state index in [2.05, 4.69) is 10.5 Å².